The number of hydrogen-bond acceptors (Lipinski definition) is 3. The van der Waals surface area contributed by atoms with E-state index >= 15 is 0 Å². The Morgan fingerprint density at radius 1 is 1.26 bits per heavy atom. The molecule has 1 aliphatic heterocycles. The molecule has 4 heteroatoms. The number of aromatic hydroxyl groups is 1. The van der Waals surface area contributed by atoms with Crippen LogP contribution in [0.5, 0.6) is 5.75 Å². The number of phenols is 1. The highest BCUT2D eigenvalue weighted by Crippen LogP contribution is 2.26. The molecule has 2 aromatic carbocycles. The van der Waals surface area contributed by atoms with Crippen molar-refractivity contribution in [3.05, 3.63) is 59.7 Å². The first kappa shape index (κ1) is 15.6. The van der Waals surface area contributed by atoms with Gasteiger partial charge in [0.2, 0.25) is 5.91 Å². The SMILES string of the molecule is Cc1ccc(NC(=O)C2CCN(Cc3ccccc3)C2)c(O)c1. The summed E-state index contributed by atoms with van der Waals surface area (Å²) < 4.78 is 0. The van der Waals surface area contributed by atoms with Gasteiger partial charge in [-0.3, -0.25) is 9.69 Å². The van der Waals surface area contributed by atoms with Gasteiger partial charge in [0, 0.05) is 13.1 Å². The zero-order chi connectivity index (χ0) is 16.2. The summed E-state index contributed by atoms with van der Waals surface area (Å²) in [6.07, 6.45) is 0.852. The summed E-state index contributed by atoms with van der Waals surface area (Å²) in [6, 6.07) is 15.6. The minimum absolute atomic E-state index is 0.0142. The van der Waals surface area contributed by atoms with Crippen LogP contribution >= 0.6 is 0 Å². The summed E-state index contributed by atoms with van der Waals surface area (Å²) in [4.78, 5) is 14.7. The number of phenolic OH excluding ortho intramolecular Hbond substituents is 1. The monoisotopic (exact) mass is 310 g/mol. The second kappa shape index (κ2) is 6.84. The fourth-order valence-electron chi connectivity index (χ4n) is 3.01. The van der Waals surface area contributed by atoms with Gasteiger partial charge >= 0.3 is 0 Å². The number of hydrogen-bond donors (Lipinski definition) is 2. The standard InChI is InChI=1S/C19H22N2O2/c1-14-7-8-17(18(22)11-14)20-19(23)16-9-10-21(13-16)12-15-5-3-2-4-6-15/h2-8,11,16,22H,9-10,12-13H2,1H3,(H,20,23). The van der Waals surface area contributed by atoms with Crippen LogP contribution < -0.4 is 5.32 Å². The minimum atomic E-state index is -0.0283. The first-order valence-corrected chi connectivity index (χ1v) is 7.98. The van der Waals surface area contributed by atoms with Crippen LogP contribution in [-0.2, 0) is 11.3 Å². The summed E-state index contributed by atoms with van der Waals surface area (Å²) in [5, 5.41) is 12.8. The lowest BCUT2D eigenvalue weighted by Gasteiger charge is -2.16. The highest BCUT2D eigenvalue weighted by molar-refractivity contribution is 5.94. The third-order valence-electron chi connectivity index (χ3n) is 4.30. The van der Waals surface area contributed by atoms with E-state index in [4.69, 9.17) is 0 Å². The van der Waals surface area contributed by atoms with Gasteiger partial charge < -0.3 is 10.4 Å². The number of likely N-dealkylation sites (tertiary alicyclic amines) is 1. The zero-order valence-corrected chi connectivity index (χ0v) is 13.3. The molecule has 1 unspecified atom stereocenters. The van der Waals surface area contributed by atoms with Gasteiger partial charge in [-0.2, -0.15) is 0 Å². The van der Waals surface area contributed by atoms with Crippen LogP contribution in [-0.4, -0.2) is 29.0 Å². The van der Waals surface area contributed by atoms with E-state index in [9.17, 15) is 9.90 Å². The number of nitrogens with zero attached hydrogens (tertiary/aromatic N) is 1. The average molecular weight is 310 g/mol. The topological polar surface area (TPSA) is 52.6 Å². The first-order chi connectivity index (χ1) is 11.1. The molecule has 2 N–H and O–H groups in total. The summed E-state index contributed by atoms with van der Waals surface area (Å²) in [5.74, 6) is 0.0802. The summed E-state index contributed by atoms with van der Waals surface area (Å²) in [7, 11) is 0. The zero-order valence-electron chi connectivity index (χ0n) is 13.3. The molecule has 23 heavy (non-hydrogen) atoms. The Balaban J connectivity index is 1.57. The highest BCUT2D eigenvalue weighted by atomic mass is 16.3. The number of amides is 1. The molecule has 0 aliphatic carbocycles. The van der Waals surface area contributed by atoms with E-state index in [0.717, 1.165) is 31.6 Å². The molecule has 0 spiro atoms. The molecule has 1 heterocycles. The molecular weight excluding hydrogens is 288 g/mol. The maximum Gasteiger partial charge on any atom is 0.228 e. The number of aryl methyl sites for hydroxylation is 1. The van der Waals surface area contributed by atoms with Crippen LogP contribution in [0.2, 0.25) is 0 Å². The predicted octanol–water partition coefficient (Wildman–Crippen LogP) is 3.16. The van der Waals surface area contributed by atoms with E-state index < -0.39 is 0 Å². The van der Waals surface area contributed by atoms with Crippen LogP contribution in [0.15, 0.2) is 48.5 Å². The second-order valence-corrected chi connectivity index (χ2v) is 6.22. The first-order valence-electron chi connectivity index (χ1n) is 7.98. The maximum absolute atomic E-state index is 12.4. The van der Waals surface area contributed by atoms with Crippen molar-refractivity contribution in [2.45, 2.75) is 19.9 Å². The Hall–Kier alpha value is -2.33. The number of carbonyl (C=O) groups is 1. The van der Waals surface area contributed by atoms with Crippen molar-refractivity contribution in [3.63, 3.8) is 0 Å². The Bertz CT molecular complexity index is 685. The Kier molecular flexibility index (Phi) is 4.63. The molecule has 0 saturated carbocycles. The van der Waals surface area contributed by atoms with Crippen LogP contribution in [0.25, 0.3) is 0 Å². The van der Waals surface area contributed by atoms with E-state index in [0.29, 0.717) is 5.69 Å². The number of benzene rings is 2. The largest absolute Gasteiger partial charge is 0.506 e. The fraction of sp³-hybridized carbons (Fsp3) is 0.316. The smallest absolute Gasteiger partial charge is 0.228 e. The van der Waals surface area contributed by atoms with Gasteiger partial charge in [-0.05, 0) is 43.1 Å². The van der Waals surface area contributed by atoms with E-state index in [1.807, 2.05) is 31.2 Å². The number of nitrogens with one attached hydrogen (secondary N) is 1. The summed E-state index contributed by atoms with van der Waals surface area (Å²) in [5.41, 5.74) is 2.72. The van der Waals surface area contributed by atoms with Gasteiger partial charge in [-0.25, -0.2) is 0 Å². The lowest BCUT2D eigenvalue weighted by Crippen LogP contribution is -2.27. The second-order valence-electron chi connectivity index (χ2n) is 6.22. The number of rotatable bonds is 4. The van der Waals surface area contributed by atoms with Gasteiger partial charge in [-0.1, -0.05) is 36.4 Å². The highest BCUT2D eigenvalue weighted by Gasteiger charge is 2.28. The van der Waals surface area contributed by atoms with Crippen molar-refractivity contribution in [3.8, 4) is 5.75 Å². The van der Waals surface area contributed by atoms with Crippen molar-refractivity contribution >= 4 is 11.6 Å². The molecule has 1 saturated heterocycles. The molecule has 1 amide bonds. The average Bonchev–Trinajstić information content (AvgIpc) is 3.00. The molecule has 0 bridgehead atoms. The van der Waals surface area contributed by atoms with Crippen molar-refractivity contribution in [2.75, 3.05) is 18.4 Å². The predicted molar refractivity (Wildman–Crippen MR) is 91.3 cm³/mol. The summed E-state index contributed by atoms with van der Waals surface area (Å²) >= 11 is 0. The quantitative estimate of drug-likeness (QED) is 0.853. The van der Waals surface area contributed by atoms with Gasteiger partial charge in [0.15, 0.2) is 0 Å². The molecule has 120 valence electrons. The molecule has 0 aromatic heterocycles. The van der Waals surface area contributed by atoms with E-state index in [2.05, 4.69) is 22.3 Å². The maximum atomic E-state index is 12.4. The van der Waals surface area contributed by atoms with Crippen LogP contribution in [0.4, 0.5) is 5.69 Å². The van der Waals surface area contributed by atoms with Crippen LogP contribution in [0.3, 0.4) is 0 Å². The van der Waals surface area contributed by atoms with Gasteiger partial charge in [-0.15, -0.1) is 0 Å². The van der Waals surface area contributed by atoms with E-state index in [1.54, 1.807) is 12.1 Å². The van der Waals surface area contributed by atoms with Crippen molar-refractivity contribution in [1.29, 1.82) is 0 Å². The third-order valence-corrected chi connectivity index (χ3v) is 4.30. The Morgan fingerprint density at radius 2 is 2.04 bits per heavy atom. The van der Waals surface area contributed by atoms with Gasteiger partial charge in [0.25, 0.3) is 0 Å². The third kappa shape index (κ3) is 3.90. The number of anilines is 1. The van der Waals surface area contributed by atoms with Crippen LogP contribution in [0.1, 0.15) is 17.5 Å². The Labute approximate surface area is 136 Å². The van der Waals surface area contributed by atoms with Crippen molar-refractivity contribution < 1.29 is 9.90 Å². The molecule has 1 fully saturated rings. The van der Waals surface area contributed by atoms with Crippen molar-refractivity contribution in [1.82, 2.24) is 4.90 Å². The summed E-state index contributed by atoms with van der Waals surface area (Å²) in [6.45, 7) is 4.46. The van der Waals surface area contributed by atoms with Crippen LogP contribution in [0, 0.1) is 12.8 Å². The molecular formula is C19H22N2O2. The van der Waals surface area contributed by atoms with E-state index in [1.165, 1.54) is 5.56 Å². The normalized spacial score (nSPS) is 18.0. The van der Waals surface area contributed by atoms with Gasteiger partial charge in [0.1, 0.15) is 5.75 Å². The molecule has 1 aliphatic rings. The lowest BCUT2D eigenvalue weighted by molar-refractivity contribution is -0.119. The fourth-order valence-corrected chi connectivity index (χ4v) is 3.01. The number of carbonyl (C=O) groups excluding carboxylic acids is 1. The molecule has 1 atom stereocenters. The molecule has 4 nitrogen and oxygen atoms in total. The molecule has 0 radical (unpaired) electrons. The minimum Gasteiger partial charge on any atom is -0.506 e. The lowest BCUT2D eigenvalue weighted by atomic mass is 10.1. The molecule has 3 rings (SSSR count). The van der Waals surface area contributed by atoms with Crippen molar-refractivity contribution in [2.24, 2.45) is 5.92 Å². The van der Waals surface area contributed by atoms with Gasteiger partial charge in [0.05, 0.1) is 11.6 Å². The molecule has 2 aromatic rings. The van der Waals surface area contributed by atoms with E-state index in [-0.39, 0.29) is 17.6 Å². The Morgan fingerprint density at radius 3 is 2.78 bits per heavy atom.